The zero-order chi connectivity index (χ0) is 16.2. The van der Waals surface area contributed by atoms with Crippen LogP contribution >= 0.6 is 24.0 Å². The molecular formula is C16H32IN3O2S. The molecule has 0 amide bonds. The van der Waals surface area contributed by atoms with Crippen molar-refractivity contribution >= 4 is 39.8 Å². The van der Waals surface area contributed by atoms with Crippen molar-refractivity contribution in [2.45, 2.75) is 65.0 Å². The summed E-state index contributed by atoms with van der Waals surface area (Å²) in [4.78, 5) is 4.69. The second-order valence-electron chi connectivity index (χ2n) is 7.26. The van der Waals surface area contributed by atoms with Gasteiger partial charge in [-0.2, -0.15) is 0 Å². The van der Waals surface area contributed by atoms with E-state index in [1.807, 2.05) is 0 Å². The van der Waals surface area contributed by atoms with E-state index in [4.69, 9.17) is 0 Å². The van der Waals surface area contributed by atoms with Crippen molar-refractivity contribution in [1.82, 2.24) is 10.6 Å². The molecule has 1 saturated carbocycles. The predicted octanol–water partition coefficient (Wildman–Crippen LogP) is 2.56. The first-order valence-corrected chi connectivity index (χ1v) is 10.5. The average molecular weight is 457 g/mol. The lowest BCUT2D eigenvalue weighted by atomic mass is 10.1. The monoisotopic (exact) mass is 457 g/mol. The molecule has 23 heavy (non-hydrogen) atoms. The number of hydrogen-bond acceptors (Lipinski definition) is 3. The summed E-state index contributed by atoms with van der Waals surface area (Å²) in [6.07, 6.45) is 5.72. The highest BCUT2D eigenvalue weighted by atomic mass is 127. The lowest BCUT2D eigenvalue weighted by Gasteiger charge is -2.24. The molecule has 0 aromatic rings. The SMILES string of the molecule is CC(C)C(C)NC(=NCC1CCS(=O)(=O)C1)NC1CCCC1.I. The van der Waals surface area contributed by atoms with E-state index in [1.165, 1.54) is 25.7 Å². The van der Waals surface area contributed by atoms with E-state index in [9.17, 15) is 8.42 Å². The Morgan fingerprint density at radius 3 is 2.35 bits per heavy atom. The average Bonchev–Trinajstić information content (AvgIpc) is 3.05. The van der Waals surface area contributed by atoms with E-state index < -0.39 is 9.84 Å². The fourth-order valence-electron chi connectivity index (χ4n) is 3.02. The first kappa shape index (κ1) is 21.0. The Morgan fingerprint density at radius 2 is 1.83 bits per heavy atom. The van der Waals surface area contributed by atoms with Crippen molar-refractivity contribution in [2.75, 3.05) is 18.1 Å². The summed E-state index contributed by atoms with van der Waals surface area (Å²) in [7, 11) is -2.81. The van der Waals surface area contributed by atoms with Crippen molar-refractivity contribution in [3.8, 4) is 0 Å². The molecule has 136 valence electrons. The van der Waals surface area contributed by atoms with Crippen LogP contribution in [0.3, 0.4) is 0 Å². The molecule has 1 aliphatic carbocycles. The molecule has 7 heteroatoms. The van der Waals surface area contributed by atoms with Gasteiger partial charge in [0.2, 0.25) is 0 Å². The number of halogens is 1. The molecule has 0 spiro atoms. The summed E-state index contributed by atoms with van der Waals surface area (Å²) in [5.74, 6) is 2.20. The summed E-state index contributed by atoms with van der Waals surface area (Å²) in [6.45, 7) is 7.14. The minimum Gasteiger partial charge on any atom is -0.354 e. The molecule has 1 saturated heterocycles. The first-order chi connectivity index (χ1) is 10.4. The third kappa shape index (κ3) is 7.15. The number of nitrogens with one attached hydrogen (secondary N) is 2. The fraction of sp³-hybridized carbons (Fsp3) is 0.938. The Kier molecular flexibility index (Phi) is 8.61. The van der Waals surface area contributed by atoms with E-state index in [0.29, 0.717) is 36.1 Å². The van der Waals surface area contributed by atoms with Gasteiger partial charge in [-0.25, -0.2) is 8.42 Å². The third-order valence-electron chi connectivity index (χ3n) is 4.89. The van der Waals surface area contributed by atoms with E-state index in [0.717, 1.165) is 12.4 Å². The topological polar surface area (TPSA) is 70.6 Å². The second-order valence-corrected chi connectivity index (χ2v) is 9.49. The summed E-state index contributed by atoms with van der Waals surface area (Å²) in [5.41, 5.74) is 0. The lowest BCUT2D eigenvalue weighted by molar-refractivity contribution is 0.472. The summed E-state index contributed by atoms with van der Waals surface area (Å²) in [5, 5.41) is 7.01. The number of guanidine groups is 1. The number of aliphatic imine (C=N–C) groups is 1. The molecule has 0 aromatic carbocycles. The van der Waals surface area contributed by atoms with Gasteiger partial charge in [0.05, 0.1) is 11.5 Å². The van der Waals surface area contributed by atoms with Crippen LogP contribution in [0.15, 0.2) is 4.99 Å². The molecule has 1 aliphatic heterocycles. The van der Waals surface area contributed by atoms with E-state index in [1.54, 1.807) is 0 Å². The Balaban J connectivity index is 0.00000264. The molecule has 0 aromatic heterocycles. The van der Waals surface area contributed by atoms with Crippen LogP contribution in [0.2, 0.25) is 0 Å². The van der Waals surface area contributed by atoms with Crippen LogP contribution in [0.25, 0.3) is 0 Å². The maximum atomic E-state index is 11.6. The highest BCUT2D eigenvalue weighted by molar-refractivity contribution is 14.0. The van der Waals surface area contributed by atoms with Crippen molar-refractivity contribution in [1.29, 1.82) is 0 Å². The molecule has 2 aliphatic rings. The van der Waals surface area contributed by atoms with Crippen molar-refractivity contribution in [2.24, 2.45) is 16.8 Å². The third-order valence-corrected chi connectivity index (χ3v) is 6.73. The van der Waals surface area contributed by atoms with Gasteiger partial charge < -0.3 is 10.6 Å². The van der Waals surface area contributed by atoms with Crippen LogP contribution in [0.1, 0.15) is 52.9 Å². The predicted molar refractivity (Wildman–Crippen MR) is 107 cm³/mol. The van der Waals surface area contributed by atoms with E-state index in [-0.39, 0.29) is 29.9 Å². The number of nitrogens with zero attached hydrogens (tertiary/aromatic N) is 1. The van der Waals surface area contributed by atoms with Gasteiger partial charge in [0, 0.05) is 18.6 Å². The number of sulfone groups is 1. The molecule has 2 N–H and O–H groups in total. The molecule has 2 fully saturated rings. The van der Waals surface area contributed by atoms with Gasteiger partial charge in [0.1, 0.15) is 0 Å². The largest absolute Gasteiger partial charge is 0.354 e. The van der Waals surface area contributed by atoms with Gasteiger partial charge in [-0.3, -0.25) is 4.99 Å². The molecular weight excluding hydrogens is 425 g/mol. The zero-order valence-corrected chi connectivity index (χ0v) is 17.7. The van der Waals surface area contributed by atoms with E-state index >= 15 is 0 Å². The Hall–Kier alpha value is -0.0500. The maximum absolute atomic E-state index is 11.6. The summed E-state index contributed by atoms with van der Waals surface area (Å²) >= 11 is 0. The van der Waals surface area contributed by atoms with Crippen molar-refractivity contribution in [3.05, 3.63) is 0 Å². The molecule has 0 bridgehead atoms. The molecule has 1 heterocycles. The van der Waals surface area contributed by atoms with Gasteiger partial charge >= 0.3 is 0 Å². The van der Waals surface area contributed by atoms with Crippen molar-refractivity contribution < 1.29 is 8.42 Å². The molecule has 2 atom stereocenters. The smallest absolute Gasteiger partial charge is 0.191 e. The van der Waals surface area contributed by atoms with Gasteiger partial charge in [-0.05, 0) is 38.0 Å². The minimum atomic E-state index is -2.81. The van der Waals surface area contributed by atoms with Crippen LogP contribution < -0.4 is 10.6 Å². The van der Waals surface area contributed by atoms with Crippen molar-refractivity contribution in [3.63, 3.8) is 0 Å². The van der Waals surface area contributed by atoms with Crippen LogP contribution in [-0.4, -0.2) is 44.5 Å². The second kappa shape index (κ2) is 9.44. The van der Waals surface area contributed by atoms with Crippen LogP contribution in [0.4, 0.5) is 0 Å². The Labute approximate surface area is 158 Å². The lowest BCUT2D eigenvalue weighted by Crippen LogP contribution is -2.47. The normalized spacial score (nSPS) is 26.1. The molecule has 0 radical (unpaired) electrons. The summed E-state index contributed by atoms with van der Waals surface area (Å²) in [6, 6.07) is 0.859. The quantitative estimate of drug-likeness (QED) is 0.378. The zero-order valence-electron chi connectivity index (χ0n) is 14.5. The number of rotatable bonds is 5. The number of hydrogen-bond donors (Lipinski definition) is 2. The Morgan fingerprint density at radius 1 is 1.17 bits per heavy atom. The van der Waals surface area contributed by atoms with Gasteiger partial charge in [0.25, 0.3) is 0 Å². The summed E-state index contributed by atoms with van der Waals surface area (Å²) < 4.78 is 23.1. The van der Waals surface area contributed by atoms with E-state index in [2.05, 4.69) is 36.4 Å². The maximum Gasteiger partial charge on any atom is 0.191 e. The van der Waals surface area contributed by atoms with Crippen LogP contribution in [-0.2, 0) is 9.84 Å². The molecule has 5 nitrogen and oxygen atoms in total. The molecule has 2 unspecified atom stereocenters. The molecule has 2 rings (SSSR count). The standard InChI is InChI=1S/C16H31N3O2S.HI/c1-12(2)13(3)18-16(19-15-6-4-5-7-15)17-10-14-8-9-22(20,21)11-14;/h12-15H,4-11H2,1-3H3,(H2,17,18,19);1H. The Bertz CT molecular complexity index is 482. The van der Waals surface area contributed by atoms with Gasteiger partial charge in [-0.1, -0.05) is 26.7 Å². The van der Waals surface area contributed by atoms with Crippen LogP contribution in [0.5, 0.6) is 0 Å². The fourth-order valence-corrected chi connectivity index (χ4v) is 4.86. The highest BCUT2D eigenvalue weighted by Crippen LogP contribution is 2.19. The highest BCUT2D eigenvalue weighted by Gasteiger charge is 2.27. The minimum absolute atomic E-state index is 0. The van der Waals surface area contributed by atoms with Crippen LogP contribution in [0, 0.1) is 11.8 Å². The van der Waals surface area contributed by atoms with Gasteiger partial charge in [-0.15, -0.1) is 24.0 Å². The first-order valence-electron chi connectivity index (χ1n) is 8.63. The van der Waals surface area contributed by atoms with Gasteiger partial charge in [0.15, 0.2) is 15.8 Å².